The van der Waals surface area contributed by atoms with Crippen molar-refractivity contribution in [1.29, 1.82) is 5.26 Å². The molecule has 164 valence electrons. The van der Waals surface area contributed by atoms with Gasteiger partial charge in [0.05, 0.1) is 23.7 Å². The summed E-state index contributed by atoms with van der Waals surface area (Å²) in [4.78, 5) is 29.3. The minimum Gasteiger partial charge on any atom is -0.298 e. The van der Waals surface area contributed by atoms with Gasteiger partial charge in [-0.1, -0.05) is 11.6 Å². The van der Waals surface area contributed by atoms with E-state index in [0.29, 0.717) is 12.8 Å². The second-order valence-electron chi connectivity index (χ2n) is 7.68. The Hall–Kier alpha value is -2.73. The van der Waals surface area contributed by atoms with E-state index < -0.39 is 35.9 Å². The Morgan fingerprint density at radius 3 is 2.58 bits per heavy atom. The molecule has 5 nitrogen and oxygen atoms in total. The van der Waals surface area contributed by atoms with Crippen LogP contribution in [-0.2, 0) is 17.8 Å². The van der Waals surface area contributed by atoms with E-state index in [4.69, 9.17) is 16.9 Å². The normalized spacial score (nSPS) is 14.8. The summed E-state index contributed by atoms with van der Waals surface area (Å²) in [6, 6.07) is 6.87. The van der Waals surface area contributed by atoms with E-state index in [9.17, 15) is 27.2 Å². The van der Waals surface area contributed by atoms with Crippen LogP contribution in [0.5, 0.6) is 0 Å². The van der Waals surface area contributed by atoms with Crippen LogP contribution in [0.1, 0.15) is 37.9 Å². The van der Waals surface area contributed by atoms with E-state index in [-0.39, 0.29) is 47.2 Å². The first kappa shape index (κ1) is 22.9. The van der Waals surface area contributed by atoms with Crippen molar-refractivity contribution < 1.29 is 22.4 Å². The first-order valence-corrected chi connectivity index (χ1v) is 9.96. The van der Waals surface area contributed by atoms with Crippen LogP contribution in [0.4, 0.5) is 17.6 Å². The lowest BCUT2D eigenvalue weighted by molar-refractivity contribution is -0.135. The van der Waals surface area contributed by atoms with Gasteiger partial charge in [-0.25, -0.2) is 9.37 Å². The number of carbonyl (C=O) groups excluding carboxylic acids is 1. The fourth-order valence-corrected chi connectivity index (χ4v) is 3.44. The molecule has 0 atom stereocenters. The second-order valence-corrected chi connectivity index (χ2v) is 8.12. The predicted molar refractivity (Wildman–Crippen MR) is 105 cm³/mol. The number of alkyl halides is 3. The Bertz CT molecular complexity index is 1100. The van der Waals surface area contributed by atoms with E-state index in [2.05, 4.69) is 11.1 Å². The Labute approximate surface area is 180 Å². The number of carbonyl (C=O) groups is 1. The number of benzene rings is 1. The first-order valence-electron chi connectivity index (χ1n) is 9.58. The predicted octanol–water partition coefficient (Wildman–Crippen LogP) is 4.85. The van der Waals surface area contributed by atoms with Crippen LogP contribution in [-0.4, -0.2) is 21.5 Å². The number of nitriles is 1. The monoisotopic (exact) mass is 455 g/mol. The highest BCUT2D eigenvalue weighted by molar-refractivity contribution is 6.30. The number of halogens is 5. The summed E-state index contributed by atoms with van der Waals surface area (Å²) in [5, 5.41) is 9.28. The van der Waals surface area contributed by atoms with Crippen molar-refractivity contribution in [1.82, 2.24) is 9.55 Å². The van der Waals surface area contributed by atoms with Crippen LogP contribution in [0.2, 0.25) is 5.02 Å². The number of hydrogen-bond acceptors (Lipinski definition) is 4. The van der Waals surface area contributed by atoms with Crippen LogP contribution in [0.25, 0.3) is 11.3 Å². The zero-order valence-corrected chi connectivity index (χ0v) is 17.1. The van der Waals surface area contributed by atoms with Gasteiger partial charge in [0.25, 0.3) is 5.56 Å². The Balaban J connectivity index is 1.93. The molecule has 2 aromatic rings. The van der Waals surface area contributed by atoms with Crippen LogP contribution in [0.15, 0.2) is 29.1 Å². The molecule has 1 heterocycles. The molecule has 0 saturated heterocycles. The van der Waals surface area contributed by atoms with Gasteiger partial charge in [-0.2, -0.15) is 18.4 Å². The van der Waals surface area contributed by atoms with E-state index in [1.807, 2.05) is 0 Å². The summed E-state index contributed by atoms with van der Waals surface area (Å²) in [6.45, 7) is -0.403. The van der Waals surface area contributed by atoms with Crippen molar-refractivity contribution in [2.24, 2.45) is 5.41 Å². The van der Waals surface area contributed by atoms with Gasteiger partial charge in [-0.05, 0) is 37.5 Å². The smallest absolute Gasteiger partial charge is 0.298 e. The van der Waals surface area contributed by atoms with Crippen molar-refractivity contribution in [3.05, 3.63) is 51.3 Å². The average molecular weight is 456 g/mol. The number of Topliss-reactive ketones (excluding diaryl/α,β-unsaturated/α-hetero) is 1. The molecular weight excluding hydrogens is 438 g/mol. The van der Waals surface area contributed by atoms with Crippen LogP contribution < -0.4 is 5.56 Å². The fourth-order valence-electron chi connectivity index (χ4n) is 3.28. The number of aryl methyl sites for hydroxylation is 1. The molecule has 0 bridgehead atoms. The lowest BCUT2D eigenvalue weighted by Crippen LogP contribution is -2.29. The van der Waals surface area contributed by atoms with Gasteiger partial charge >= 0.3 is 6.18 Å². The molecule has 1 aromatic heterocycles. The van der Waals surface area contributed by atoms with Crippen molar-refractivity contribution >= 4 is 17.4 Å². The third kappa shape index (κ3) is 5.91. The lowest BCUT2D eigenvalue weighted by atomic mass is 10.0. The summed E-state index contributed by atoms with van der Waals surface area (Å²) >= 11 is 5.74. The molecule has 0 radical (unpaired) electrons. The maximum Gasteiger partial charge on any atom is 0.389 e. The molecule has 31 heavy (non-hydrogen) atoms. The van der Waals surface area contributed by atoms with Crippen molar-refractivity contribution in [3.8, 4) is 17.3 Å². The molecule has 0 aliphatic heterocycles. The summed E-state index contributed by atoms with van der Waals surface area (Å²) < 4.78 is 53.0. The molecule has 0 spiro atoms. The Morgan fingerprint density at radius 1 is 1.29 bits per heavy atom. The zero-order valence-electron chi connectivity index (χ0n) is 16.3. The quantitative estimate of drug-likeness (QED) is 0.533. The third-order valence-corrected chi connectivity index (χ3v) is 5.35. The molecule has 3 rings (SSSR count). The maximum absolute atomic E-state index is 14.3. The van der Waals surface area contributed by atoms with Crippen LogP contribution >= 0.6 is 11.6 Å². The zero-order chi connectivity index (χ0) is 22.8. The molecule has 0 unspecified atom stereocenters. The van der Waals surface area contributed by atoms with Gasteiger partial charge in [-0.3, -0.25) is 14.2 Å². The topological polar surface area (TPSA) is 75.8 Å². The highest BCUT2D eigenvalue weighted by Gasteiger charge is 2.44. The minimum absolute atomic E-state index is 0.0292. The first-order chi connectivity index (χ1) is 14.5. The fraction of sp³-hybridized carbons (Fsp3) is 0.429. The molecule has 1 aliphatic rings. The van der Waals surface area contributed by atoms with Gasteiger partial charge in [0, 0.05) is 35.9 Å². The highest BCUT2D eigenvalue weighted by atomic mass is 35.5. The largest absolute Gasteiger partial charge is 0.389 e. The van der Waals surface area contributed by atoms with Crippen molar-refractivity contribution in [3.63, 3.8) is 0 Å². The SMILES string of the molecule is N#CC1(CC(=O)Cn2c(CCCC(F)(F)F)nc(-c3ccc(Cl)cc3F)cc2=O)CC1. The Morgan fingerprint density at radius 2 is 2.00 bits per heavy atom. The number of rotatable bonds is 8. The van der Waals surface area contributed by atoms with E-state index >= 15 is 0 Å². The molecular formula is C21H18ClF4N3O2. The number of nitrogens with zero attached hydrogens (tertiary/aromatic N) is 3. The van der Waals surface area contributed by atoms with E-state index in [0.717, 1.165) is 16.7 Å². The van der Waals surface area contributed by atoms with Crippen LogP contribution in [0, 0.1) is 22.6 Å². The lowest BCUT2D eigenvalue weighted by Gasteiger charge is -2.15. The number of ketones is 1. The summed E-state index contributed by atoms with van der Waals surface area (Å²) in [5.74, 6) is -1.17. The molecule has 1 aliphatic carbocycles. The highest BCUT2D eigenvalue weighted by Crippen LogP contribution is 2.48. The average Bonchev–Trinajstić information content (AvgIpc) is 3.43. The van der Waals surface area contributed by atoms with Crippen molar-refractivity contribution in [2.45, 2.75) is 51.2 Å². The van der Waals surface area contributed by atoms with Crippen LogP contribution in [0.3, 0.4) is 0 Å². The molecule has 0 amide bonds. The van der Waals surface area contributed by atoms with Gasteiger partial charge < -0.3 is 0 Å². The molecule has 1 saturated carbocycles. The van der Waals surface area contributed by atoms with Gasteiger partial charge in [0.1, 0.15) is 11.6 Å². The standard InChI is InChI=1S/C21H18ClF4N3O2/c22-13-3-4-15(16(23)8-13)17-9-19(31)29(11-14(30)10-20(12-27)6-7-20)18(28-17)2-1-5-21(24,25)26/h3-4,8-9H,1-2,5-7,10-11H2. The van der Waals surface area contributed by atoms with Gasteiger partial charge in [0.15, 0.2) is 5.78 Å². The third-order valence-electron chi connectivity index (χ3n) is 5.12. The molecule has 10 heteroatoms. The second kappa shape index (κ2) is 8.79. The summed E-state index contributed by atoms with van der Waals surface area (Å²) in [6.07, 6.45) is -4.90. The summed E-state index contributed by atoms with van der Waals surface area (Å²) in [7, 11) is 0. The van der Waals surface area contributed by atoms with Gasteiger partial charge in [-0.15, -0.1) is 0 Å². The minimum atomic E-state index is -4.38. The van der Waals surface area contributed by atoms with E-state index in [1.54, 1.807) is 0 Å². The van der Waals surface area contributed by atoms with Gasteiger partial charge in [0.2, 0.25) is 0 Å². The number of aromatic nitrogens is 2. The number of hydrogen-bond donors (Lipinski definition) is 0. The molecule has 1 aromatic carbocycles. The molecule has 1 fully saturated rings. The maximum atomic E-state index is 14.3. The van der Waals surface area contributed by atoms with E-state index in [1.165, 1.54) is 12.1 Å². The Kier molecular flexibility index (Phi) is 6.51. The summed E-state index contributed by atoms with van der Waals surface area (Å²) in [5.41, 5.74) is -1.48. The molecule has 0 N–H and O–H groups in total. The van der Waals surface area contributed by atoms with Crippen molar-refractivity contribution in [2.75, 3.05) is 0 Å².